The summed E-state index contributed by atoms with van der Waals surface area (Å²) in [6, 6.07) is 6.96. The van der Waals surface area contributed by atoms with E-state index in [0.717, 1.165) is 31.9 Å². The molecule has 0 atom stereocenters. The lowest BCUT2D eigenvalue weighted by molar-refractivity contribution is 0.138. The molecule has 1 spiro atoms. The minimum atomic E-state index is -0.135. The summed E-state index contributed by atoms with van der Waals surface area (Å²) in [5.41, 5.74) is 1.50. The molecule has 2 saturated heterocycles. The summed E-state index contributed by atoms with van der Waals surface area (Å²) in [7, 11) is 0. The fraction of sp³-hybridized carbons (Fsp3) is 0.538. The van der Waals surface area contributed by atoms with Crippen LogP contribution in [0.1, 0.15) is 12.8 Å². The van der Waals surface area contributed by atoms with E-state index in [2.05, 4.69) is 10.2 Å². The van der Waals surface area contributed by atoms with Gasteiger partial charge >= 0.3 is 0 Å². The summed E-state index contributed by atoms with van der Waals surface area (Å²) in [6.07, 6.45) is 2.53. The quantitative estimate of drug-likeness (QED) is 0.779. The van der Waals surface area contributed by atoms with Gasteiger partial charge in [-0.25, -0.2) is 4.39 Å². The van der Waals surface area contributed by atoms with E-state index in [0.29, 0.717) is 5.41 Å². The van der Waals surface area contributed by atoms with E-state index in [-0.39, 0.29) is 5.82 Å². The van der Waals surface area contributed by atoms with E-state index in [9.17, 15) is 4.39 Å². The Morgan fingerprint density at radius 1 is 1.31 bits per heavy atom. The third-order valence-corrected chi connectivity index (χ3v) is 3.83. The zero-order chi connectivity index (χ0) is 11.0. The van der Waals surface area contributed by atoms with Crippen LogP contribution in [0.25, 0.3) is 0 Å². The lowest BCUT2D eigenvalue weighted by Gasteiger charge is -2.50. The molecule has 3 heteroatoms. The van der Waals surface area contributed by atoms with Crippen molar-refractivity contribution in [2.24, 2.45) is 5.41 Å². The molecule has 0 aromatic heterocycles. The van der Waals surface area contributed by atoms with Crippen LogP contribution in [-0.4, -0.2) is 26.2 Å². The molecule has 2 nitrogen and oxygen atoms in total. The maximum atomic E-state index is 13.2. The first-order valence-electron chi connectivity index (χ1n) is 5.99. The number of nitrogens with one attached hydrogen (secondary N) is 1. The second-order valence-corrected chi connectivity index (χ2v) is 5.11. The van der Waals surface area contributed by atoms with Gasteiger partial charge in [0.25, 0.3) is 0 Å². The normalized spacial score (nSPS) is 23.2. The van der Waals surface area contributed by atoms with Crippen molar-refractivity contribution in [1.82, 2.24) is 5.32 Å². The maximum Gasteiger partial charge on any atom is 0.125 e. The van der Waals surface area contributed by atoms with Gasteiger partial charge in [0.05, 0.1) is 0 Å². The minimum Gasteiger partial charge on any atom is -0.371 e. The first-order chi connectivity index (χ1) is 7.77. The Balaban J connectivity index is 1.79. The SMILES string of the molecule is Fc1cccc(N2CCCC3(CNC3)C2)c1. The molecule has 0 radical (unpaired) electrons. The summed E-state index contributed by atoms with van der Waals surface area (Å²) in [6.45, 7) is 4.38. The average Bonchev–Trinajstić information content (AvgIpc) is 2.27. The molecular weight excluding hydrogens is 203 g/mol. The Labute approximate surface area is 95.4 Å². The van der Waals surface area contributed by atoms with Crippen molar-refractivity contribution in [2.75, 3.05) is 31.1 Å². The second kappa shape index (κ2) is 3.74. The third kappa shape index (κ3) is 1.69. The van der Waals surface area contributed by atoms with Gasteiger partial charge in [-0.05, 0) is 31.0 Å². The van der Waals surface area contributed by atoms with Gasteiger partial charge in [0, 0.05) is 37.3 Å². The minimum absolute atomic E-state index is 0.135. The van der Waals surface area contributed by atoms with Crippen molar-refractivity contribution in [3.8, 4) is 0 Å². The monoisotopic (exact) mass is 220 g/mol. The summed E-state index contributed by atoms with van der Waals surface area (Å²) in [5.74, 6) is -0.135. The number of anilines is 1. The van der Waals surface area contributed by atoms with Crippen molar-refractivity contribution < 1.29 is 4.39 Å². The number of hydrogen-bond donors (Lipinski definition) is 1. The molecule has 1 aromatic carbocycles. The fourth-order valence-electron chi connectivity index (χ4n) is 2.87. The molecule has 1 aromatic rings. The van der Waals surface area contributed by atoms with Gasteiger partial charge in [-0.1, -0.05) is 6.07 Å². The lowest BCUT2D eigenvalue weighted by atomic mass is 9.75. The van der Waals surface area contributed by atoms with Crippen LogP contribution in [0.15, 0.2) is 24.3 Å². The Kier molecular flexibility index (Phi) is 2.36. The van der Waals surface area contributed by atoms with Gasteiger partial charge in [0.2, 0.25) is 0 Å². The van der Waals surface area contributed by atoms with Crippen LogP contribution in [0.4, 0.5) is 10.1 Å². The topological polar surface area (TPSA) is 15.3 Å². The molecular formula is C13H17FN2. The number of rotatable bonds is 1. The molecule has 0 amide bonds. The fourth-order valence-corrected chi connectivity index (χ4v) is 2.87. The molecule has 86 valence electrons. The summed E-state index contributed by atoms with van der Waals surface area (Å²) in [4.78, 5) is 2.33. The van der Waals surface area contributed by atoms with E-state index < -0.39 is 0 Å². The number of halogens is 1. The standard InChI is InChI=1S/C13H17FN2/c14-11-3-1-4-12(7-11)16-6-2-5-13(10-16)8-15-9-13/h1,3-4,7,15H,2,5-6,8-10H2. The Hall–Kier alpha value is -1.09. The predicted octanol–water partition coefficient (Wildman–Crippen LogP) is 2.02. The molecule has 2 aliphatic rings. The molecule has 2 fully saturated rings. The smallest absolute Gasteiger partial charge is 0.125 e. The molecule has 0 saturated carbocycles. The van der Waals surface area contributed by atoms with Crippen LogP contribution in [0.5, 0.6) is 0 Å². The summed E-state index contributed by atoms with van der Waals surface area (Å²) < 4.78 is 13.2. The van der Waals surface area contributed by atoms with E-state index in [1.807, 2.05) is 6.07 Å². The van der Waals surface area contributed by atoms with Crippen molar-refractivity contribution >= 4 is 5.69 Å². The van der Waals surface area contributed by atoms with Gasteiger partial charge < -0.3 is 10.2 Å². The highest BCUT2D eigenvalue weighted by Crippen LogP contribution is 2.35. The van der Waals surface area contributed by atoms with E-state index in [1.54, 1.807) is 12.1 Å². The van der Waals surface area contributed by atoms with Crippen LogP contribution in [0, 0.1) is 11.2 Å². The Bertz CT molecular complexity index is 387. The molecule has 0 unspecified atom stereocenters. The van der Waals surface area contributed by atoms with E-state index in [4.69, 9.17) is 0 Å². The van der Waals surface area contributed by atoms with Gasteiger partial charge in [-0.2, -0.15) is 0 Å². The lowest BCUT2D eigenvalue weighted by Crippen LogP contribution is -2.61. The van der Waals surface area contributed by atoms with Crippen molar-refractivity contribution in [2.45, 2.75) is 12.8 Å². The molecule has 0 aliphatic carbocycles. The zero-order valence-corrected chi connectivity index (χ0v) is 9.38. The van der Waals surface area contributed by atoms with Gasteiger partial charge in [-0.15, -0.1) is 0 Å². The number of hydrogen-bond acceptors (Lipinski definition) is 2. The molecule has 16 heavy (non-hydrogen) atoms. The Morgan fingerprint density at radius 3 is 2.88 bits per heavy atom. The van der Waals surface area contributed by atoms with Crippen molar-refractivity contribution in [3.05, 3.63) is 30.1 Å². The third-order valence-electron chi connectivity index (χ3n) is 3.83. The molecule has 2 aliphatic heterocycles. The van der Waals surface area contributed by atoms with Gasteiger partial charge in [-0.3, -0.25) is 0 Å². The number of piperidine rings is 1. The molecule has 1 N–H and O–H groups in total. The molecule has 0 bridgehead atoms. The summed E-state index contributed by atoms with van der Waals surface area (Å²) >= 11 is 0. The van der Waals surface area contributed by atoms with Crippen LogP contribution < -0.4 is 10.2 Å². The van der Waals surface area contributed by atoms with E-state index in [1.165, 1.54) is 18.9 Å². The highest BCUT2D eigenvalue weighted by molar-refractivity contribution is 5.47. The van der Waals surface area contributed by atoms with Crippen LogP contribution >= 0.6 is 0 Å². The van der Waals surface area contributed by atoms with Gasteiger partial charge in [0.15, 0.2) is 0 Å². The molecule has 3 rings (SSSR count). The highest BCUT2D eigenvalue weighted by atomic mass is 19.1. The van der Waals surface area contributed by atoms with Crippen LogP contribution in [0.2, 0.25) is 0 Å². The Morgan fingerprint density at radius 2 is 2.19 bits per heavy atom. The maximum absolute atomic E-state index is 13.2. The van der Waals surface area contributed by atoms with Gasteiger partial charge in [0.1, 0.15) is 5.82 Å². The second-order valence-electron chi connectivity index (χ2n) is 5.11. The highest BCUT2D eigenvalue weighted by Gasteiger charge is 2.40. The van der Waals surface area contributed by atoms with Crippen molar-refractivity contribution in [3.63, 3.8) is 0 Å². The largest absolute Gasteiger partial charge is 0.371 e. The predicted molar refractivity (Wildman–Crippen MR) is 63.1 cm³/mol. The zero-order valence-electron chi connectivity index (χ0n) is 9.38. The van der Waals surface area contributed by atoms with E-state index >= 15 is 0 Å². The van der Waals surface area contributed by atoms with Crippen molar-refractivity contribution in [1.29, 1.82) is 0 Å². The number of nitrogens with zero attached hydrogens (tertiary/aromatic N) is 1. The van der Waals surface area contributed by atoms with Crippen LogP contribution in [0.3, 0.4) is 0 Å². The number of benzene rings is 1. The van der Waals surface area contributed by atoms with Crippen LogP contribution in [-0.2, 0) is 0 Å². The molecule has 2 heterocycles. The average molecular weight is 220 g/mol. The first-order valence-corrected chi connectivity index (χ1v) is 5.99. The summed E-state index contributed by atoms with van der Waals surface area (Å²) in [5, 5.41) is 3.35. The first kappa shape index (κ1) is 10.1.